The summed E-state index contributed by atoms with van der Waals surface area (Å²) in [6, 6.07) is 5.23. The van der Waals surface area contributed by atoms with Crippen molar-refractivity contribution in [1.82, 2.24) is 10.2 Å². The zero-order valence-electron chi connectivity index (χ0n) is 10.8. The fraction of sp³-hybridized carbons (Fsp3) is 0.500. The van der Waals surface area contributed by atoms with Crippen molar-refractivity contribution >= 4 is 23.2 Å². The number of likely N-dealkylation sites (tertiary alicyclic amines) is 1. The minimum absolute atomic E-state index is 0.00350. The third kappa shape index (κ3) is 2.19. The highest BCUT2D eigenvalue weighted by Gasteiger charge is 2.42. The largest absolute Gasteiger partial charge is 0.397 e. The molecular formula is C14H18ClN3O. The molecule has 0 aromatic heterocycles. The standard InChI is InChI=1S/C14H18ClN3O/c15-11-3-1-2-10(12(11)16)13(19)18-7-5-14(9-18)4-6-17-8-14/h1-3,17H,4-9,16H2. The predicted molar refractivity (Wildman–Crippen MR) is 76.3 cm³/mol. The van der Waals surface area contributed by atoms with Crippen LogP contribution in [0.3, 0.4) is 0 Å². The molecule has 102 valence electrons. The maximum atomic E-state index is 12.5. The van der Waals surface area contributed by atoms with Gasteiger partial charge in [-0.25, -0.2) is 0 Å². The lowest BCUT2D eigenvalue weighted by molar-refractivity contribution is 0.0777. The van der Waals surface area contributed by atoms with Crippen LogP contribution in [0.1, 0.15) is 23.2 Å². The molecule has 2 fully saturated rings. The summed E-state index contributed by atoms with van der Waals surface area (Å²) in [7, 11) is 0. The Kier molecular flexibility index (Phi) is 3.15. The molecule has 1 aromatic carbocycles. The second-order valence-corrected chi connectivity index (χ2v) is 6.01. The number of hydrogen-bond donors (Lipinski definition) is 2. The van der Waals surface area contributed by atoms with Crippen LogP contribution in [-0.4, -0.2) is 37.0 Å². The lowest BCUT2D eigenvalue weighted by atomic mass is 9.86. The van der Waals surface area contributed by atoms with Crippen LogP contribution in [0, 0.1) is 5.41 Å². The first-order valence-corrected chi connectivity index (χ1v) is 7.03. The van der Waals surface area contributed by atoms with E-state index in [2.05, 4.69) is 5.32 Å². The third-order valence-electron chi connectivity index (χ3n) is 4.34. The maximum absolute atomic E-state index is 12.5. The normalized spacial score (nSPS) is 26.3. The van der Waals surface area contributed by atoms with Gasteiger partial charge >= 0.3 is 0 Å². The molecule has 1 atom stereocenters. The average Bonchev–Trinajstić information content (AvgIpc) is 3.03. The first kappa shape index (κ1) is 12.8. The van der Waals surface area contributed by atoms with Gasteiger partial charge in [0.05, 0.1) is 16.3 Å². The zero-order valence-corrected chi connectivity index (χ0v) is 11.5. The van der Waals surface area contributed by atoms with E-state index < -0.39 is 0 Å². The summed E-state index contributed by atoms with van der Waals surface area (Å²) in [4.78, 5) is 14.4. The number of carbonyl (C=O) groups excluding carboxylic acids is 1. The molecule has 2 heterocycles. The molecule has 3 N–H and O–H groups in total. The van der Waals surface area contributed by atoms with Crippen LogP contribution in [0.5, 0.6) is 0 Å². The van der Waals surface area contributed by atoms with Gasteiger partial charge in [0.15, 0.2) is 0 Å². The molecule has 2 saturated heterocycles. The second-order valence-electron chi connectivity index (χ2n) is 5.60. The van der Waals surface area contributed by atoms with Gasteiger partial charge in [0.1, 0.15) is 0 Å². The molecule has 0 aliphatic carbocycles. The van der Waals surface area contributed by atoms with E-state index in [-0.39, 0.29) is 11.3 Å². The number of rotatable bonds is 1. The number of hydrogen-bond acceptors (Lipinski definition) is 3. The van der Waals surface area contributed by atoms with E-state index in [1.165, 1.54) is 0 Å². The minimum atomic E-state index is 0.00350. The van der Waals surface area contributed by atoms with Crippen LogP contribution in [0.4, 0.5) is 5.69 Å². The fourth-order valence-electron chi connectivity index (χ4n) is 3.15. The molecule has 5 heteroatoms. The lowest BCUT2D eigenvalue weighted by Gasteiger charge is -2.23. The van der Waals surface area contributed by atoms with Crippen LogP contribution < -0.4 is 11.1 Å². The van der Waals surface area contributed by atoms with Crippen LogP contribution in [0.15, 0.2) is 18.2 Å². The number of nitrogens with zero attached hydrogens (tertiary/aromatic N) is 1. The van der Waals surface area contributed by atoms with Gasteiger partial charge in [-0.05, 0) is 31.5 Å². The van der Waals surface area contributed by atoms with Gasteiger partial charge in [-0.3, -0.25) is 4.79 Å². The Hall–Kier alpha value is -1.26. The van der Waals surface area contributed by atoms with Crippen molar-refractivity contribution in [2.45, 2.75) is 12.8 Å². The highest BCUT2D eigenvalue weighted by Crippen LogP contribution is 2.37. The summed E-state index contributed by atoms with van der Waals surface area (Å²) in [5, 5.41) is 3.84. The van der Waals surface area contributed by atoms with Gasteiger partial charge in [0.25, 0.3) is 5.91 Å². The molecule has 2 aliphatic heterocycles. The van der Waals surface area contributed by atoms with E-state index in [0.29, 0.717) is 16.3 Å². The SMILES string of the molecule is Nc1c(Cl)cccc1C(=O)N1CCC2(CCNC2)C1. The first-order valence-electron chi connectivity index (χ1n) is 6.65. The molecule has 0 bridgehead atoms. The Labute approximate surface area is 117 Å². The van der Waals surface area contributed by atoms with E-state index in [1.807, 2.05) is 4.90 Å². The van der Waals surface area contributed by atoms with E-state index in [0.717, 1.165) is 39.0 Å². The summed E-state index contributed by atoms with van der Waals surface area (Å²) in [6.45, 7) is 3.71. The summed E-state index contributed by atoms with van der Waals surface area (Å²) < 4.78 is 0. The minimum Gasteiger partial charge on any atom is -0.397 e. The lowest BCUT2D eigenvalue weighted by Crippen LogP contribution is -2.33. The molecule has 4 nitrogen and oxygen atoms in total. The zero-order chi connectivity index (χ0) is 13.5. The van der Waals surface area contributed by atoms with Gasteiger partial charge in [-0.1, -0.05) is 17.7 Å². The van der Waals surface area contributed by atoms with Gasteiger partial charge in [-0.15, -0.1) is 0 Å². The molecule has 3 rings (SSSR count). The van der Waals surface area contributed by atoms with Crippen molar-refractivity contribution in [3.05, 3.63) is 28.8 Å². The molecule has 2 aliphatic rings. The molecular weight excluding hydrogens is 262 g/mol. The number of anilines is 1. The number of carbonyl (C=O) groups is 1. The molecule has 1 unspecified atom stereocenters. The number of benzene rings is 1. The van der Waals surface area contributed by atoms with Gasteiger partial charge in [0, 0.05) is 25.0 Å². The molecule has 1 spiro atoms. The average molecular weight is 280 g/mol. The maximum Gasteiger partial charge on any atom is 0.256 e. The number of halogens is 1. The predicted octanol–water partition coefficient (Wildman–Crippen LogP) is 1.75. The van der Waals surface area contributed by atoms with Crippen molar-refractivity contribution < 1.29 is 4.79 Å². The van der Waals surface area contributed by atoms with Crippen molar-refractivity contribution in [3.63, 3.8) is 0 Å². The Morgan fingerprint density at radius 3 is 3.00 bits per heavy atom. The third-order valence-corrected chi connectivity index (χ3v) is 4.67. The van der Waals surface area contributed by atoms with Crippen LogP contribution in [-0.2, 0) is 0 Å². The van der Waals surface area contributed by atoms with Crippen LogP contribution in [0.25, 0.3) is 0 Å². The van der Waals surface area contributed by atoms with Crippen molar-refractivity contribution in [1.29, 1.82) is 0 Å². The Balaban J connectivity index is 1.80. The van der Waals surface area contributed by atoms with Crippen molar-refractivity contribution in [2.75, 3.05) is 31.9 Å². The molecule has 0 radical (unpaired) electrons. The second kappa shape index (κ2) is 4.69. The quantitative estimate of drug-likeness (QED) is 0.770. The van der Waals surface area contributed by atoms with Crippen molar-refractivity contribution in [3.8, 4) is 0 Å². The van der Waals surface area contributed by atoms with E-state index in [1.54, 1.807) is 18.2 Å². The number of nitrogens with two attached hydrogens (primary N) is 1. The summed E-state index contributed by atoms with van der Waals surface area (Å²) in [5.74, 6) is 0.00350. The molecule has 1 aromatic rings. The van der Waals surface area contributed by atoms with E-state index >= 15 is 0 Å². The number of nitrogens with one attached hydrogen (secondary N) is 1. The van der Waals surface area contributed by atoms with Gasteiger partial charge < -0.3 is 16.0 Å². The summed E-state index contributed by atoms with van der Waals surface area (Å²) in [5.41, 5.74) is 7.10. The summed E-state index contributed by atoms with van der Waals surface area (Å²) >= 11 is 5.98. The Morgan fingerprint density at radius 1 is 1.42 bits per heavy atom. The highest BCUT2D eigenvalue weighted by atomic mass is 35.5. The van der Waals surface area contributed by atoms with Crippen LogP contribution in [0.2, 0.25) is 5.02 Å². The monoisotopic (exact) mass is 279 g/mol. The Bertz CT molecular complexity index is 511. The first-order chi connectivity index (χ1) is 9.11. The smallest absolute Gasteiger partial charge is 0.256 e. The highest BCUT2D eigenvalue weighted by molar-refractivity contribution is 6.33. The molecule has 1 amide bonds. The number of amides is 1. The molecule has 0 saturated carbocycles. The van der Waals surface area contributed by atoms with E-state index in [9.17, 15) is 4.79 Å². The topological polar surface area (TPSA) is 58.4 Å². The molecule has 19 heavy (non-hydrogen) atoms. The van der Waals surface area contributed by atoms with Gasteiger partial charge in [-0.2, -0.15) is 0 Å². The summed E-state index contributed by atoms with van der Waals surface area (Å²) in [6.07, 6.45) is 2.23. The fourth-order valence-corrected chi connectivity index (χ4v) is 3.32. The van der Waals surface area contributed by atoms with E-state index in [4.69, 9.17) is 17.3 Å². The van der Waals surface area contributed by atoms with Crippen LogP contribution >= 0.6 is 11.6 Å². The Morgan fingerprint density at radius 2 is 2.26 bits per heavy atom. The number of nitrogen functional groups attached to an aromatic ring is 1. The van der Waals surface area contributed by atoms with Gasteiger partial charge in [0.2, 0.25) is 0 Å². The van der Waals surface area contributed by atoms with Crippen molar-refractivity contribution in [2.24, 2.45) is 5.41 Å². The number of para-hydroxylation sites is 1.